The van der Waals surface area contributed by atoms with Gasteiger partial charge in [0.25, 0.3) is 0 Å². The summed E-state index contributed by atoms with van der Waals surface area (Å²) in [4.78, 5) is 14.3. The van der Waals surface area contributed by atoms with Crippen LogP contribution in [0.4, 0.5) is 0 Å². The van der Waals surface area contributed by atoms with Crippen LogP contribution >= 0.6 is 0 Å². The highest BCUT2D eigenvalue weighted by atomic mass is 16.1. The largest absolute Gasteiger partial charge is 0.368 e. The lowest BCUT2D eigenvalue weighted by molar-refractivity contribution is -0.124. The molecular weight excluding hydrogens is 262 g/mol. The predicted molar refractivity (Wildman–Crippen MR) is 87.1 cm³/mol. The van der Waals surface area contributed by atoms with E-state index in [1.807, 2.05) is 6.92 Å². The molecule has 4 nitrogen and oxygen atoms in total. The summed E-state index contributed by atoms with van der Waals surface area (Å²) in [6, 6.07) is 0.522. The van der Waals surface area contributed by atoms with Crippen LogP contribution in [0.3, 0.4) is 0 Å². The van der Waals surface area contributed by atoms with E-state index in [0.717, 1.165) is 18.8 Å². The molecule has 1 atom stereocenters. The first-order chi connectivity index (χ1) is 10.0. The number of hydrogen-bond acceptors (Lipinski definition) is 3. The Bertz CT molecular complexity index is 339. The van der Waals surface area contributed by atoms with E-state index in [9.17, 15) is 4.79 Å². The molecule has 122 valence electrons. The lowest BCUT2D eigenvalue weighted by Gasteiger charge is -2.28. The molecule has 2 fully saturated rings. The van der Waals surface area contributed by atoms with Crippen molar-refractivity contribution in [2.75, 3.05) is 19.6 Å². The minimum absolute atomic E-state index is 0.196. The number of nitrogens with zero attached hydrogens (tertiary/aromatic N) is 1. The number of hydrogen-bond donors (Lipinski definition) is 2. The summed E-state index contributed by atoms with van der Waals surface area (Å²) in [5.74, 6) is 0.766. The van der Waals surface area contributed by atoms with Gasteiger partial charge in [0, 0.05) is 12.6 Å². The molecular formula is C17H33N3O. The first-order valence-electron chi connectivity index (χ1n) is 8.83. The molecule has 4 heteroatoms. The molecule has 1 unspecified atom stereocenters. The molecule has 0 aromatic heterocycles. The highest BCUT2D eigenvalue weighted by molar-refractivity contribution is 5.84. The molecule has 2 aliphatic carbocycles. The second kappa shape index (κ2) is 7.59. The number of nitrogens with one attached hydrogen (secondary N) is 1. The minimum Gasteiger partial charge on any atom is -0.368 e. The summed E-state index contributed by atoms with van der Waals surface area (Å²) in [6.45, 7) is 7.89. The molecule has 0 aromatic carbocycles. The standard InChI is InChI=1S/C17H33N3O/c1-3-11-20(13-14-6-7-14)12-5-4-10-17(2,16(18)21)19-15-8-9-15/h14-15,19H,3-13H2,1-2H3,(H2,18,21). The van der Waals surface area contributed by atoms with Crippen LogP contribution in [-0.4, -0.2) is 42.0 Å². The van der Waals surface area contributed by atoms with Crippen molar-refractivity contribution in [2.24, 2.45) is 11.7 Å². The van der Waals surface area contributed by atoms with Gasteiger partial charge >= 0.3 is 0 Å². The zero-order valence-corrected chi connectivity index (χ0v) is 13.9. The maximum absolute atomic E-state index is 11.7. The maximum Gasteiger partial charge on any atom is 0.237 e. The third kappa shape index (κ3) is 5.95. The fourth-order valence-electron chi connectivity index (χ4n) is 3.03. The number of unbranched alkanes of at least 4 members (excludes halogenated alkanes) is 1. The molecule has 21 heavy (non-hydrogen) atoms. The van der Waals surface area contributed by atoms with Gasteiger partial charge in [-0.05, 0) is 77.3 Å². The van der Waals surface area contributed by atoms with E-state index >= 15 is 0 Å². The van der Waals surface area contributed by atoms with Gasteiger partial charge in [-0.3, -0.25) is 4.79 Å². The smallest absolute Gasteiger partial charge is 0.237 e. The van der Waals surface area contributed by atoms with Gasteiger partial charge in [-0.2, -0.15) is 0 Å². The molecule has 0 radical (unpaired) electrons. The topological polar surface area (TPSA) is 58.4 Å². The Hall–Kier alpha value is -0.610. The fraction of sp³-hybridized carbons (Fsp3) is 0.941. The van der Waals surface area contributed by atoms with Gasteiger partial charge in [0.2, 0.25) is 5.91 Å². The summed E-state index contributed by atoms with van der Waals surface area (Å²) in [5, 5.41) is 3.43. The molecule has 2 aliphatic rings. The Morgan fingerprint density at radius 1 is 1.24 bits per heavy atom. The first-order valence-corrected chi connectivity index (χ1v) is 8.83. The molecule has 0 heterocycles. The molecule has 0 bridgehead atoms. The van der Waals surface area contributed by atoms with Crippen molar-refractivity contribution < 1.29 is 4.79 Å². The van der Waals surface area contributed by atoms with Crippen LogP contribution in [0.15, 0.2) is 0 Å². The van der Waals surface area contributed by atoms with Crippen molar-refractivity contribution in [2.45, 2.75) is 76.8 Å². The number of primary amides is 1. The van der Waals surface area contributed by atoms with Crippen molar-refractivity contribution in [3.05, 3.63) is 0 Å². The summed E-state index contributed by atoms with van der Waals surface area (Å²) < 4.78 is 0. The Morgan fingerprint density at radius 3 is 2.48 bits per heavy atom. The average molecular weight is 295 g/mol. The van der Waals surface area contributed by atoms with Crippen LogP contribution in [0.2, 0.25) is 0 Å². The summed E-state index contributed by atoms with van der Waals surface area (Å²) in [7, 11) is 0. The van der Waals surface area contributed by atoms with Gasteiger partial charge in [0.05, 0.1) is 5.54 Å². The van der Waals surface area contributed by atoms with Gasteiger partial charge in [0.15, 0.2) is 0 Å². The molecule has 2 saturated carbocycles. The van der Waals surface area contributed by atoms with Crippen molar-refractivity contribution in [1.29, 1.82) is 0 Å². The van der Waals surface area contributed by atoms with E-state index in [2.05, 4.69) is 17.1 Å². The van der Waals surface area contributed by atoms with E-state index in [-0.39, 0.29) is 5.91 Å². The van der Waals surface area contributed by atoms with Crippen LogP contribution in [0.5, 0.6) is 0 Å². The number of carbonyl (C=O) groups excluding carboxylic acids is 1. The van der Waals surface area contributed by atoms with Crippen molar-refractivity contribution >= 4 is 5.91 Å². The molecule has 0 aromatic rings. The molecule has 3 N–H and O–H groups in total. The number of rotatable bonds is 12. The zero-order chi connectivity index (χ0) is 15.3. The number of nitrogens with two attached hydrogens (primary N) is 1. The Kier molecular flexibility index (Phi) is 6.06. The highest BCUT2D eigenvalue weighted by Crippen LogP contribution is 2.30. The lowest BCUT2D eigenvalue weighted by Crippen LogP contribution is -2.54. The third-order valence-corrected chi connectivity index (χ3v) is 4.80. The molecule has 0 spiro atoms. The van der Waals surface area contributed by atoms with Gasteiger partial charge in [0.1, 0.15) is 0 Å². The van der Waals surface area contributed by atoms with Crippen LogP contribution in [0.1, 0.15) is 65.2 Å². The van der Waals surface area contributed by atoms with Gasteiger partial charge in [-0.1, -0.05) is 6.92 Å². The second-order valence-electron chi connectivity index (χ2n) is 7.32. The van der Waals surface area contributed by atoms with Crippen LogP contribution in [-0.2, 0) is 4.79 Å². The Balaban J connectivity index is 1.66. The van der Waals surface area contributed by atoms with E-state index in [4.69, 9.17) is 5.73 Å². The summed E-state index contributed by atoms with van der Waals surface area (Å²) >= 11 is 0. The zero-order valence-electron chi connectivity index (χ0n) is 13.9. The van der Waals surface area contributed by atoms with Crippen LogP contribution < -0.4 is 11.1 Å². The normalized spacial score (nSPS) is 21.5. The summed E-state index contributed by atoms with van der Waals surface area (Å²) in [6.07, 6.45) is 9.56. The van der Waals surface area contributed by atoms with Crippen LogP contribution in [0.25, 0.3) is 0 Å². The van der Waals surface area contributed by atoms with Crippen molar-refractivity contribution in [3.63, 3.8) is 0 Å². The fourth-order valence-corrected chi connectivity index (χ4v) is 3.03. The highest BCUT2D eigenvalue weighted by Gasteiger charge is 2.36. The summed E-state index contributed by atoms with van der Waals surface area (Å²) in [5.41, 5.74) is 5.09. The second-order valence-corrected chi connectivity index (χ2v) is 7.32. The predicted octanol–water partition coefficient (Wildman–Crippen LogP) is 2.27. The van der Waals surface area contributed by atoms with E-state index in [0.29, 0.717) is 6.04 Å². The first kappa shape index (κ1) is 16.8. The van der Waals surface area contributed by atoms with E-state index < -0.39 is 5.54 Å². The molecule has 0 saturated heterocycles. The van der Waals surface area contributed by atoms with Gasteiger partial charge in [-0.25, -0.2) is 0 Å². The van der Waals surface area contributed by atoms with E-state index in [1.165, 1.54) is 58.2 Å². The van der Waals surface area contributed by atoms with Gasteiger partial charge < -0.3 is 16.0 Å². The molecule has 0 aliphatic heterocycles. The van der Waals surface area contributed by atoms with E-state index in [1.54, 1.807) is 0 Å². The lowest BCUT2D eigenvalue weighted by atomic mass is 9.93. The molecule has 2 rings (SSSR count). The Morgan fingerprint density at radius 2 is 1.95 bits per heavy atom. The average Bonchev–Trinajstić information content (AvgIpc) is 3.31. The SMILES string of the molecule is CCCN(CCCCC(C)(NC1CC1)C(N)=O)CC1CC1. The number of amides is 1. The van der Waals surface area contributed by atoms with Crippen molar-refractivity contribution in [1.82, 2.24) is 10.2 Å². The maximum atomic E-state index is 11.7. The van der Waals surface area contributed by atoms with Crippen molar-refractivity contribution in [3.8, 4) is 0 Å². The van der Waals surface area contributed by atoms with Crippen LogP contribution in [0, 0.1) is 5.92 Å². The molecule has 1 amide bonds. The Labute approximate surface area is 129 Å². The number of carbonyl (C=O) groups is 1. The minimum atomic E-state index is -0.507. The third-order valence-electron chi connectivity index (χ3n) is 4.80. The quantitative estimate of drug-likeness (QED) is 0.543. The van der Waals surface area contributed by atoms with Gasteiger partial charge in [-0.15, -0.1) is 0 Å². The monoisotopic (exact) mass is 295 g/mol.